The van der Waals surface area contributed by atoms with Crippen LogP contribution in [0.15, 0.2) is 20.0 Å². The zero-order chi connectivity index (χ0) is 13.9. The summed E-state index contributed by atoms with van der Waals surface area (Å²) in [5.41, 5.74) is 0. The molecule has 1 heterocycles. The first-order valence-electron chi connectivity index (χ1n) is 5.67. The highest BCUT2D eigenvalue weighted by Gasteiger charge is 2.28. The molecule has 4 nitrogen and oxygen atoms in total. The zero-order valence-electron chi connectivity index (χ0n) is 10.6. The van der Waals surface area contributed by atoms with E-state index in [1.54, 1.807) is 0 Å². The monoisotopic (exact) mass is 357 g/mol. The minimum absolute atomic E-state index is 0.139. The van der Waals surface area contributed by atoms with Gasteiger partial charge in [-0.05, 0) is 21.8 Å². The SMILES string of the molecule is CCN(CC(C)C)S(=O)(=O)c1cc(CCl)oc1Br. The van der Waals surface area contributed by atoms with Crippen LogP contribution in [0.2, 0.25) is 0 Å². The van der Waals surface area contributed by atoms with Crippen molar-refractivity contribution in [3.63, 3.8) is 0 Å². The molecule has 0 bridgehead atoms. The van der Waals surface area contributed by atoms with E-state index in [9.17, 15) is 8.42 Å². The van der Waals surface area contributed by atoms with Gasteiger partial charge >= 0.3 is 0 Å². The second-order valence-electron chi connectivity index (χ2n) is 4.33. The van der Waals surface area contributed by atoms with Crippen LogP contribution in [0.3, 0.4) is 0 Å². The van der Waals surface area contributed by atoms with Crippen molar-refractivity contribution in [2.45, 2.75) is 31.5 Å². The Labute approximate surface area is 121 Å². The molecular formula is C11H17BrClNO3S. The first-order chi connectivity index (χ1) is 8.32. The lowest BCUT2D eigenvalue weighted by molar-refractivity contribution is 0.379. The molecule has 104 valence electrons. The van der Waals surface area contributed by atoms with Crippen LogP contribution in [0.4, 0.5) is 0 Å². The van der Waals surface area contributed by atoms with Crippen LogP contribution in [0, 0.1) is 5.92 Å². The standard InChI is InChI=1S/C11H17BrClNO3S/c1-4-14(7-8(2)3)18(15,16)10-5-9(6-13)17-11(10)12/h5,8H,4,6-7H2,1-3H3. The molecular weight excluding hydrogens is 342 g/mol. The largest absolute Gasteiger partial charge is 0.452 e. The molecule has 0 atom stereocenters. The fraction of sp³-hybridized carbons (Fsp3) is 0.636. The Morgan fingerprint density at radius 2 is 2.11 bits per heavy atom. The van der Waals surface area contributed by atoms with E-state index in [0.717, 1.165) is 0 Å². The minimum atomic E-state index is -3.53. The third-order valence-electron chi connectivity index (χ3n) is 2.38. The number of rotatable bonds is 6. The van der Waals surface area contributed by atoms with Gasteiger partial charge < -0.3 is 4.42 Å². The second kappa shape index (κ2) is 6.41. The summed E-state index contributed by atoms with van der Waals surface area (Å²) < 4.78 is 31.8. The van der Waals surface area contributed by atoms with Gasteiger partial charge in [-0.25, -0.2) is 8.42 Å². The van der Waals surface area contributed by atoms with Crippen LogP contribution in [0.5, 0.6) is 0 Å². The number of halogens is 2. The molecule has 0 saturated heterocycles. The van der Waals surface area contributed by atoms with Crippen LogP contribution in [-0.4, -0.2) is 25.8 Å². The van der Waals surface area contributed by atoms with Gasteiger partial charge in [-0.2, -0.15) is 4.31 Å². The van der Waals surface area contributed by atoms with Gasteiger partial charge in [-0.3, -0.25) is 0 Å². The van der Waals surface area contributed by atoms with Gasteiger partial charge in [-0.1, -0.05) is 20.8 Å². The van der Waals surface area contributed by atoms with E-state index >= 15 is 0 Å². The third kappa shape index (κ3) is 3.50. The average molecular weight is 359 g/mol. The molecule has 0 saturated carbocycles. The maximum Gasteiger partial charge on any atom is 0.247 e. The molecule has 18 heavy (non-hydrogen) atoms. The van der Waals surface area contributed by atoms with Crippen molar-refractivity contribution in [1.29, 1.82) is 0 Å². The minimum Gasteiger partial charge on any atom is -0.452 e. The molecule has 0 aliphatic carbocycles. The van der Waals surface area contributed by atoms with E-state index in [1.165, 1.54) is 10.4 Å². The Balaban J connectivity index is 3.14. The smallest absolute Gasteiger partial charge is 0.247 e. The van der Waals surface area contributed by atoms with E-state index in [-0.39, 0.29) is 21.4 Å². The zero-order valence-corrected chi connectivity index (χ0v) is 13.8. The van der Waals surface area contributed by atoms with E-state index < -0.39 is 10.0 Å². The number of furan rings is 1. The van der Waals surface area contributed by atoms with Crippen molar-refractivity contribution in [3.8, 4) is 0 Å². The lowest BCUT2D eigenvalue weighted by atomic mass is 10.2. The first-order valence-corrected chi connectivity index (χ1v) is 8.44. The summed E-state index contributed by atoms with van der Waals surface area (Å²) in [6.07, 6.45) is 0. The molecule has 0 aromatic carbocycles. The van der Waals surface area contributed by atoms with E-state index in [2.05, 4.69) is 15.9 Å². The fourth-order valence-electron chi connectivity index (χ4n) is 1.58. The molecule has 7 heteroatoms. The number of sulfonamides is 1. The lowest BCUT2D eigenvalue weighted by Crippen LogP contribution is -2.34. The predicted molar refractivity (Wildman–Crippen MR) is 75.2 cm³/mol. The van der Waals surface area contributed by atoms with E-state index in [4.69, 9.17) is 16.0 Å². The van der Waals surface area contributed by atoms with E-state index in [1.807, 2.05) is 20.8 Å². The highest BCUT2D eigenvalue weighted by atomic mass is 79.9. The average Bonchev–Trinajstić information content (AvgIpc) is 2.67. The first kappa shape index (κ1) is 16.0. The Kier molecular flexibility index (Phi) is 5.70. The summed E-state index contributed by atoms with van der Waals surface area (Å²) in [7, 11) is -3.53. The third-order valence-corrected chi connectivity index (χ3v) is 5.44. The quantitative estimate of drug-likeness (QED) is 0.732. The summed E-state index contributed by atoms with van der Waals surface area (Å²) in [4.78, 5) is 0.139. The Morgan fingerprint density at radius 1 is 1.50 bits per heavy atom. The van der Waals surface area contributed by atoms with Crippen molar-refractivity contribution in [2.75, 3.05) is 13.1 Å². The molecule has 0 radical (unpaired) electrons. The molecule has 1 rings (SSSR count). The number of hydrogen-bond acceptors (Lipinski definition) is 3. The van der Waals surface area contributed by atoms with Gasteiger partial charge in [0.05, 0.1) is 5.88 Å². The summed E-state index contributed by atoms with van der Waals surface area (Å²) in [5, 5.41) is 0. The Bertz CT molecular complexity index is 498. The molecule has 0 aliphatic heterocycles. The molecule has 0 aliphatic rings. The maximum absolute atomic E-state index is 12.4. The Morgan fingerprint density at radius 3 is 2.50 bits per heavy atom. The number of nitrogens with zero attached hydrogens (tertiary/aromatic N) is 1. The van der Waals surface area contributed by atoms with Gasteiger partial charge in [0.2, 0.25) is 10.0 Å². The molecule has 0 spiro atoms. The normalized spacial score (nSPS) is 12.6. The predicted octanol–water partition coefficient (Wildman–Crippen LogP) is 3.45. The van der Waals surface area contributed by atoms with Gasteiger partial charge in [-0.15, -0.1) is 11.6 Å². The summed E-state index contributed by atoms with van der Waals surface area (Å²) >= 11 is 8.76. The van der Waals surface area contributed by atoms with E-state index in [0.29, 0.717) is 18.8 Å². The highest BCUT2D eigenvalue weighted by Crippen LogP contribution is 2.29. The highest BCUT2D eigenvalue weighted by molar-refractivity contribution is 9.10. The fourth-order valence-corrected chi connectivity index (χ4v) is 4.29. The van der Waals surface area contributed by atoms with Crippen LogP contribution >= 0.6 is 27.5 Å². The van der Waals surface area contributed by atoms with Crippen LogP contribution in [-0.2, 0) is 15.9 Å². The van der Waals surface area contributed by atoms with Crippen molar-refractivity contribution >= 4 is 37.6 Å². The van der Waals surface area contributed by atoms with Crippen molar-refractivity contribution in [3.05, 3.63) is 16.5 Å². The van der Waals surface area contributed by atoms with Crippen LogP contribution in [0.1, 0.15) is 26.5 Å². The van der Waals surface area contributed by atoms with Crippen molar-refractivity contribution < 1.29 is 12.8 Å². The van der Waals surface area contributed by atoms with Gasteiger partial charge in [0.15, 0.2) is 4.67 Å². The molecule has 0 unspecified atom stereocenters. The number of alkyl halides is 1. The molecule has 1 aromatic rings. The van der Waals surface area contributed by atoms with Crippen LogP contribution in [0.25, 0.3) is 0 Å². The van der Waals surface area contributed by atoms with Crippen LogP contribution < -0.4 is 0 Å². The molecule has 0 amide bonds. The molecule has 1 aromatic heterocycles. The van der Waals surface area contributed by atoms with Gasteiger partial charge in [0.25, 0.3) is 0 Å². The number of hydrogen-bond donors (Lipinski definition) is 0. The van der Waals surface area contributed by atoms with Gasteiger partial charge in [0, 0.05) is 19.2 Å². The van der Waals surface area contributed by atoms with Gasteiger partial charge in [0.1, 0.15) is 10.7 Å². The summed E-state index contributed by atoms with van der Waals surface area (Å²) in [5.74, 6) is 0.838. The maximum atomic E-state index is 12.4. The van der Waals surface area contributed by atoms with Crippen molar-refractivity contribution in [1.82, 2.24) is 4.31 Å². The molecule has 0 N–H and O–H groups in total. The Hall–Kier alpha value is -0.0400. The van der Waals surface area contributed by atoms with Crippen molar-refractivity contribution in [2.24, 2.45) is 5.92 Å². The second-order valence-corrected chi connectivity index (χ2v) is 7.23. The molecule has 0 fully saturated rings. The topological polar surface area (TPSA) is 50.5 Å². The lowest BCUT2D eigenvalue weighted by Gasteiger charge is -2.21. The summed E-state index contributed by atoms with van der Waals surface area (Å²) in [6.45, 7) is 6.68. The summed E-state index contributed by atoms with van der Waals surface area (Å²) in [6, 6.07) is 1.47.